The van der Waals surface area contributed by atoms with Crippen LogP contribution in [0.4, 0.5) is 10.3 Å². The SMILES string of the molecule is CSc1c(F)cc(-c2cnoc2N)cc1Cl. The van der Waals surface area contributed by atoms with Crippen LogP contribution in [-0.4, -0.2) is 11.4 Å². The van der Waals surface area contributed by atoms with Crippen LogP contribution in [0.25, 0.3) is 11.1 Å². The summed E-state index contributed by atoms with van der Waals surface area (Å²) >= 11 is 7.21. The molecular weight excluding hydrogens is 251 g/mol. The molecule has 6 heteroatoms. The van der Waals surface area contributed by atoms with Crippen LogP contribution in [0.3, 0.4) is 0 Å². The topological polar surface area (TPSA) is 52.0 Å². The molecular formula is C10H8ClFN2OS. The summed E-state index contributed by atoms with van der Waals surface area (Å²) in [7, 11) is 0. The predicted molar refractivity (Wildman–Crippen MR) is 63.1 cm³/mol. The molecule has 1 heterocycles. The molecule has 0 unspecified atom stereocenters. The first kappa shape index (κ1) is 11.3. The van der Waals surface area contributed by atoms with Crippen LogP contribution >= 0.6 is 23.4 Å². The third kappa shape index (κ3) is 1.88. The van der Waals surface area contributed by atoms with Gasteiger partial charge in [-0.15, -0.1) is 11.8 Å². The van der Waals surface area contributed by atoms with Crippen LogP contribution in [0, 0.1) is 5.82 Å². The quantitative estimate of drug-likeness (QED) is 0.839. The van der Waals surface area contributed by atoms with Crippen molar-refractivity contribution >= 4 is 29.2 Å². The van der Waals surface area contributed by atoms with Gasteiger partial charge in [-0.25, -0.2) is 4.39 Å². The average molecular weight is 259 g/mol. The summed E-state index contributed by atoms with van der Waals surface area (Å²) in [6.45, 7) is 0. The fraction of sp³-hybridized carbons (Fsp3) is 0.100. The van der Waals surface area contributed by atoms with Gasteiger partial charge in [0.25, 0.3) is 0 Å². The van der Waals surface area contributed by atoms with Crippen molar-refractivity contribution in [2.75, 3.05) is 12.0 Å². The third-order valence-corrected chi connectivity index (χ3v) is 3.35. The summed E-state index contributed by atoms with van der Waals surface area (Å²) < 4.78 is 18.4. The van der Waals surface area contributed by atoms with Crippen molar-refractivity contribution in [3.63, 3.8) is 0 Å². The molecule has 0 amide bonds. The minimum Gasteiger partial charge on any atom is -0.367 e. The van der Waals surface area contributed by atoms with Gasteiger partial charge in [0.2, 0.25) is 5.88 Å². The number of nitrogens with two attached hydrogens (primary N) is 1. The number of nitrogens with zero attached hydrogens (tertiary/aromatic N) is 1. The zero-order valence-electron chi connectivity index (χ0n) is 8.33. The first-order valence-electron chi connectivity index (χ1n) is 4.37. The molecule has 16 heavy (non-hydrogen) atoms. The number of thioether (sulfide) groups is 1. The molecule has 0 aliphatic heterocycles. The second kappa shape index (κ2) is 4.35. The van der Waals surface area contributed by atoms with Gasteiger partial charge < -0.3 is 10.3 Å². The number of anilines is 1. The van der Waals surface area contributed by atoms with Gasteiger partial charge in [-0.2, -0.15) is 0 Å². The molecule has 0 fully saturated rings. The van der Waals surface area contributed by atoms with E-state index in [1.54, 1.807) is 12.3 Å². The molecule has 0 bridgehead atoms. The van der Waals surface area contributed by atoms with Gasteiger partial charge in [-0.3, -0.25) is 0 Å². The van der Waals surface area contributed by atoms with Crippen molar-refractivity contribution in [3.05, 3.63) is 29.2 Å². The van der Waals surface area contributed by atoms with Crippen molar-refractivity contribution in [2.45, 2.75) is 4.90 Å². The molecule has 0 spiro atoms. The van der Waals surface area contributed by atoms with E-state index in [0.717, 1.165) is 0 Å². The third-order valence-electron chi connectivity index (χ3n) is 2.11. The lowest BCUT2D eigenvalue weighted by molar-refractivity contribution is 0.436. The predicted octanol–water partition coefficient (Wildman–Crippen LogP) is 3.44. The number of nitrogen functional groups attached to an aromatic ring is 1. The summed E-state index contributed by atoms with van der Waals surface area (Å²) in [6.07, 6.45) is 3.19. The smallest absolute Gasteiger partial charge is 0.229 e. The van der Waals surface area contributed by atoms with Crippen LogP contribution in [0.15, 0.2) is 27.7 Å². The minimum absolute atomic E-state index is 0.146. The van der Waals surface area contributed by atoms with Crippen LogP contribution < -0.4 is 5.73 Å². The van der Waals surface area contributed by atoms with Gasteiger partial charge >= 0.3 is 0 Å². The molecule has 0 saturated heterocycles. The summed E-state index contributed by atoms with van der Waals surface area (Å²) in [4.78, 5) is 0.417. The Hall–Kier alpha value is -1.20. The zero-order valence-corrected chi connectivity index (χ0v) is 9.90. The first-order chi connectivity index (χ1) is 7.63. The molecule has 0 saturated carbocycles. The normalized spacial score (nSPS) is 10.7. The molecule has 2 rings (SSSR count). The van der Waals surface area contributed by atoms with Gasteiger partial charge in [-0.05, 0) is 24.0 Å². The van der Waals surface area contributed by atoms with Crippen molar-refractivity contribution in [3.8, 4) is 11.1 Å². The summed E-state index contributed by atoms with van der Waals surface area (Å²) in [5, 5.41) is 3.88. The lowest BCUT2D eigenvalue weighted by Crippen LogP contribution is -1.88. The van der Waals surface area contributed by atoms with Crippen molar-refractivity contribution < 1.29 is 8.91 Å². The monoisotopic (exact) mass is 258 g/mol. The summed E-state index contributed by atoms with van der Waals surface area (Å²) in [5.41, 5.74) is 6.63. The summed E-state index contributed by atoms with van der Waals surface area (Å²) in [5.74, 6) is -0.233. The zero-order chi connectivity index (χ0) is 11.7. The standard InChI is InChI=1S/C10H8ClFN2OS/c1-16-9-7(11)2-5(3-8(9)12)6-4-14-15-10(6)13/h2-4H,13H2,1H3. The Kier molecular flexibility index (Phi) is 3.07. The molecule has 0 atom stereocenters. The molecule has 0 radical (unpaired) electrons. The van der Waals surface area contributed by atoms with Gasteiger partial charge in [0.1, 0.15) is 5.82 Å². The maximum Gasteiger partial charge on any atom is 0.229 e. The van der Waals surface area contributed by atoms with E-state index >= 15 is 0 Å². The van der Waals surface area contributed by atoms with Crippen molar-refractivity contribution in [2.24, 2.45) is 0 Å². The van der Waals surface area contributed by atoms with Crippen molar-refractivity contribution in [1.82, 2.24) is 5.16 Å². The van der Waals surface area contributed by atoms with E-state index in [-0.39, 0.29) is 11.7 Å². The molecule has 1 aromatic carbocycles. The maximum absolute atomic E-state index is 13.6. The number of aromatic nitrogens is 1. The Labute approximate surface area is 101 Å². The van der Waals surface area contributed by atoms with Crippen LogP contribution in [0.2, 0.25) is 5.02 Å². The van der Waals surface area contributed by atoms with E-state index in [1.165, 1.54) is 24.0 Å². The Balaban J connectivity index is 2.57. The highest BCUT2D eigenvalue weighted by molar-refractivity contribution is 7.98. The number of benzene rings is 1. The molecule has 1 aromatic heterocycles. The van der Waals surface area contributed by atoms with E-state index < -0.39 is 0 Å². The van der Waals surface area contributed by atoms with Gasteiger partial charge in [0, 0.05) is 0 Å². The maximum atomic E-state index is 13.6. The fourth-order valence-electron chi connectivity index (χ4n) is 1.38. The Bertz CT molecular complexity index is 506. The minimum atomic E-state index is -0.379. The van der Waals surface area contributed by atoms with Crippen LogP contribution in [-0.2, 0) is 0 Å². The van der Waals surface area contributed by atoms with Gasteiger partial charge in [0.05, 0.1) is 21.7 Å². The Morgan fingerprint density at radius 1 is 1.50 bits per heavy atom. The van der Waals surface area contributed by atoms with E-state index in [9.17, 15) is 4.39 Å². The molecule has 0 aliphatic carbocycles. The summed E-state index contributed by atoms with van der Waals surface area (Å²) in [6, 6.07) is 3.00. The Morgan fingerprint density at radius 3 is 2.75 bits per heavy atom. The second-order valence-corrected chi connectivity index (χ2v) is 4.30. The molecule has 3 nitrogen and oxygen atoms in total. The lowest BCUT2D eigenvalue weighted by Gasteiger charge is -2.05. The van der Waals surface area contributed by atoms with Crippen LogP contribution in [0.1, 0.15) is 0 Å². The molecule has 2 aromatic rings. The van der Waals surface area contributed by atoms with E-state index in [2.05, 4.69) is 5.16 Å². The van der Waals surface area contributed by atoms with Crippen LogP contribution in [0.5, 0.6) is 0 Å². The highest BCUT2D eigenvalue weighted by atomic mass is 35.5. The average Bonchev–Trinajstić information content (AvgIpc) is 2.64. The highest BCUT2D eigenvalue weighted by Crippen LogP contribution is 2.34. The second-order valence-electron chi connectivity index (χ2n) is 3.08. The number of rotatable bonds is 2. The highest BCUT2D eigenvalue weighted by Gasteiger charge is 2.13. The van der Waals surface area contributed by atoms with E-state index in [4.69, 9.17) is 21.9 Å². The van der Waals surface area contributed by atoms with Crippen molar-refractivity contribution in [1.29, 1.82) is 0 Å². The Morgan fingerprint density at radius 2 is 2.25 bits per heavy atom. The van der Waals surface area contributed by atoms with E-state index in [1.807, 2.05) is 0 Å². The lowest BCUT2D eigenvalue weighted by atomic mass is 10.1. The van der Waals surface area contributed by atoms with E-state index in [0.29, 0.717) is 21.0 Å². The number of hydrogen-bond donors (Lipinski definition) is 1. The number of halogens is 2. The van der Waals surface area contributed by atoms with Gasteiger partial charge in [-0.1, -0.05) is 16.8 Å². The number of hydrogen-bond acceptors (Lipinski definition) is 4. The molecule has 84 valence electrons. The first-order valence-corrected chi connectivity index (χ1v) is 5.97. The largest absolute Gasteiger partial charge is 0.367 e. The van der Waals surface area contributed by atoms with Gasteiger partial charge in [0.15, 0.2) is 0 Å². The fourth-order valence-corrected chi connectivity index (χ4v) is 2.32. The molecule has 0 aliphatic rings. The molecule has 2 N–H and O–H groups in total.